The van der Waals surface area contributed by atoms with Crippen molar-refractivity contribution in [1.29, 1.82) is 0 Å². The van der Waals surface area contributed by atoms with Gasteiger partial charge in [-0.3, -0.25) is 0 Å². The van der Waals surface area contributed by atoms with E-state index in [1.165, 1.54) is 5.56 Å². The van der Waals surface area contributed by atoms with Crippen LogP contribution in [0.1, 0.15) is 46.6 Å². The van der Waals surface area contributed by atoms with Gasteiger partial charge in [0.1, 0.15) is 0 Å². The molecule has 0 aliphatic heterocycles. The van der Waals surface area contributed by atoms with Crippen LogP contribution in [0, 0.1) is 5.41 Å². The van der Waals surface area contributed by atoms with Crippen molar-refractivity contribution in [2.24, 2.45) is 5.41 Å². The third kappa shape index (κ3) is 6.50. The summed E-state index contributed by atoms with van der Waals surface area (Å²) in [4.78, 5) is 0. The molecule has 1 aromatic rings. The Hall–Kier alpha value is -0.380. The summed E-state index contributed by atoms with van der Waals surface area (Å²) in [5, 5.41) is 3.69. The van der Waals surface area contributed by atoms with E-state index in [2.05, 4.69) is 80.1 Å². The molecule has 0 aliphatic carbocycles. The molecule has 2 nitrogen and oxygen atoms in total. The van der Waals surface area contributed by atoms with Gasteiger partial charge >= 0.3 is 0 Å². The molecule has 0 radical (unpaired) electrons. The van der Waals surface area contributed by atoms with E-state index in [4.69, 9.17) is 4.74 Å². The summed E-state index contributed by atoms with van der Waals surface area (Å²) >= 11 is 3.56. The summed E-state index contributed by atoms with van der Waals surface area (Å²) in [7, 11) is 0. The van der Waals surface area contributed by atoms with Crippen molar-refractivity contribution >= 4 is 15.9 Å². The average molecular weight is 356 g/mol. The van der Waals surface area contributed by atoms with Gasteiger partial charge in [-0.1, -0.05) is 55.8 Å². The minimum atomic E-state index is 0.118. The van der Waals surface area contributed by atoms with E-state index in [1.807, 2.05) is 0 Å². The highest BCUT2D eigenvalue weighted by atomic mass is 79.9. The van der Waals surface area contributed by atoms with Crippen LogP contribution in [-0.4, -0.2) is 25.3 Å². The first kappa shape index (κ1) is 18.7. The lowest BCUT2D eigenvalue weighted by atomic mass is 9.82. The Labute approximate surface area is 138 Å². The number of halogens is 1. The van der Waals surface area contributed by atoms with Crippen LogP contribution in [0.5, 0.6) is 0 Å². The van der Waals surface area contributed by atoms with Crippen LogP contribution >= 0.6 is 15.9 Å². The molecule has 0 aromatic heterocycles. The maximum atomic E-state index is 6.09. The zero-order valence-corrected chi connectivity index (χ0v) is 15.7. The number of rotatable bonds is 8. The van der Waals surface area contributed by atoms with Gasteiger partial charge in [0.25, 0.3) is 0 Å². The Bertz CT molecular complexity index is 414. The van der Waals surface area contributed by atoms with Crippen molar-refractivity contribution in [3.05, 3.63) is 34.3 Å². The smallest absolute Gasteiger partial charge is 0.0779 e. The van der Waals surface area contributed by atoms with Crippen molar-refractivity contribution < 1.29 is 4.74 Å². The summed E-state index contributed by atoms with van der Waals surface area (Å²) in [5.74, 6) is 0. The number of hydrogen-bond donors (Lipinski definition) is 1. The normalized spacial score (nSPS) is 15.0. The molecule has 0 bridgehead atoms. The molecule has 0 saturated heterocycles. The van der Waals surface area contributed by atoms with E-state index in [1.54, 1.807) is 0 Å². The van der Waals surface area contributed by atoms with Crippen molar-refractivity contribution in [3.63, 3.8) is 0 Å². The molecule has 1 aromatic carbocycles. The zero-order chi connectivity index (χ0) is 15.9. The fourth-order valence-electron chi connectivity index (χ4n) is 2.68. The highest BCUT2D eigenvalue weighted by Crippen LogP contribution is 2.27. The van der Waals surface area contributed by atoms with Crippen LogP contribution in [0.4, 0.5) is 0 Å². The quantitative estimate of drug-likeness (QED) is 0.722. The van der Waals surface area contributed by atoms with Gasteiger partial charge in [-0.05, 0) is 49.4 Å². The largest absolute Gasteiger partial charge is 0.376 e. The first-order valence-electron chi connectivity index (χ1n) is 7.97. The van der Waals surface area contributed by atoms with Gasteiger partial charge in [0.2, 0.25) is 0 Å². The minimum absolute atomic E-state index is 0.118. The lowest BCUT2D eigenvalue weighted by Gasteiger charge is -2.37. The highest BCUT2D eigenvalue weighted by molar-refractivity contribution is 9.10. The van der Waals surface area contributed by atoms with E-state index >= 15 is 0 Å². The van der Waals surface area contributed by atoms with Crippen LogP contribution in [0.25, 0.3) is 0 Å². The number of hydrogen-bond acceptors (Lipinski definition) is 2. The van der Waals surface area contributed by atoms with Crippen LogP contribution in [0.3, 0.4) is 0 Å². The molecule has 2 atom stereocenters. The number of nitrogens with one attached hydrogen (secondary N) is 1. The van der Waals surface area contributed by atoms with Crippen LogP contribution in [0.15, 0.2) is 28.7 Å². The van der Waals surface area contributed by atoms with Gasteiger partial charge in [-0.15, -0.1) is 0 Å². The Balaban J connectivity index is 2.91. The SMILES string of the molecule is CCCNC(Cc1cccc(Br)c1)C(OCC)C(C)(C)C. The second-order valence-electron chi connectivity index (χ2n) is 6.64. The van der Waals surface area contributed by atoms with Gasteiger partial charge in [0, 0.05) is 17.1 Å². The summed E-state index contributed by atoms with van der Waals surface area (Å²) < 4.78 is 7.23. The van der Waals surface area contributed by atoms with Crippen LogP contribution in [-0.2, 0) is 11.2 Å². The molecule has 2 unspecified atom stereocenters. The topological polar surface area (TPSA) is 21.3 Å². The summed E-state index contributed by atoms with van der Waals surface area (Å²) in [5.41, 5.74) is 1.46. The molecule has 21 heavy (non-hydrogen) atoms. The molecule has 1 rings (SSSR count). The lowest BCUT2D eigenvalue weighted by molar-refractivity contribution is -0.0355. The third-order valence-electron chi connectivity index (χ3n) is 3.57. The molecule has 0 saturated carbocycles. The molecule has 0 aliphatic rings. The standard InChI is InChI=1S/C18H30BrNO/c1-6-11-20-16(17(21-7-2)18(3,4)5)13-14-9-8-10-15(19)12-14/h8-10,12,16-17,20H,6-7,11,13H2,1-5H3. The fraction of sp³-hybridized carbons (Fsp3) is 0.667. The van der Waals surface area contributed by atoms with Gasteiger partial charge in [0.15, 0.2) is 0 Å². The molecule has 1 N–H and O–H groups in total. The Kier molecular flexibility index (Phi) is 7.93. The van der Waals surface area contributed by atoms with Crippen LogP contribution < -0.4 is 5.32 Å². The highest BCUT2D eigenvalue weighted by Gasteiger charge is 2.32. The van der Waals surface area contributed by atoms with E-state index in [9.17, 15) is 0 Å². The Morgan fingerprint density at radius 3 is 2.48 bits per heavy atom. The minimum Gasteiger partial charge on any atom is -0.376 e. The predicted molar refractivity (Wildman–Crippen MR) is 94.8 cm³/mol. The van der Waals surface area contributed by atoms with Crippen molar-refractivity contribution in [2.75, 3.05) is 13.2 Å². The van der Waals surface area contributed by atoms with Gasteiger partial charge in [-0.2, -0.15) is 0 Å². The Morgan fingerprint density at radius 2 is 1.95 bits per heavy atom. The molecule has 0 amide bonds. The van der Waals surface area contributed by atoms with Crippen molar-refractivity contribution in [2.45, 2.75) is 59.6 Å². The molecular weight excluding hydrogens is 326 g/mol. The maximum Gasteiger partial charge on any atom is 0.0779 e. The van der Waals surface area contributed by atoms with E-state index < -0.39 is 0 Å². The van der Waals surface area contributed by atoms with Crippen molar-refractivity contribution in [3.8, 4) is 0 Å². The Morgan fingerprint density at radius 1 is 1.24 bits per heavy atom. The first-order valence-corrected chi connectivity index (χ1v) is 8.77. The predicted octanol–water partition coefficient (Wildman–Crippen LogP) is 4.81. The summed E-state index contributed by atoms with van der Waals surface area (Å²) in [6.07, 6.45) is 2.33. The number of ether oxygens (including phenoxy) is 1. The first-order chi connectivity index (χ1) is 9.88. The second-order valence-corrected chi connectivity index (χ2v) is 7.55. The molecule has 0 heterocycles. The molecule has 120 valence electrons. The third-order valence-corrected chi connectivity index (χ3v) is 4.06. The summed E-state index contributed by atoms with van der Waals surface area (Å²) in [6, 6.07) is 8.90. The second kappa shape index (κ2) is 8.92. The monoisotopic (exact) mass is 355 g/mol. The average Bonchev–Trinajstić information content (AvgIpc) is 2.40. The van der Waals surface area contributed by atoms with E-state index in [0.717, 1.165) is 30.5 Å². The van der Waals surface area contributed by atoms with E-state index in [0.29, 0.717) is 6.04 Å². The zero-order valence-electron chi connectivity index (χ0n) is 14.1. The van der Waals surface area contributed by atoms with Gasteiger partial charge in [0.05, 0.1) is 6.10 Å². The lowest BCUT2D eigenvalue weighted by Crippen LogP contribution is -2.49. The fourth-order valence-corrected chi connectivity index (χ4v) is 3.13. The number of benzene rings is 1. The van der Waals surface area contributed by atoms with Crippen molar-refractivity contribution in [1.82, 2.24) is 5.32 Å². The summed E-state index contributed by atoms with van der Waals surface area (Å²) in [6.45, 7) is 12.8. The molecule has 0 spiro atoms. The molecule has 0 fully saturated rings. The van der Waals surface area contributed by atoms with Gasteiger partial charge in [-0.25, -0.2) is 0 Å². The van der Waals surface area contributed by atoms with Gasteiger partial charge < -0.3 is 10.1 Å². The van der Waals surface area contributed by atoms with Crippen LogP contribution in [0.2, 0.25) is 0 Å². The molecule has 3 heteroatoms. The maximum absolute atomic E-state index is 6.09. The van der Waals surface area contributed by atoms with E-state index in [-0.39, 0.29) is 11.5 Å². The molecular formula is C18H30BrNO.